The molecule has 1 heterocycles. The van der Waals surface area contributed by atoms with Gasteiger partial charge in [-0.3, -0.25) is 14.5 Å². The van der Waals surface area contributed by atoms with E-state index in [9.17, 15) is 9.59 Å². The summed E-state index contributed by atoms with van der Waals surface area (Å²) in [6.07, 6.45) is 0.432. The van der Waals surface area contributed by atoms with Crippen LogP contribution in [0, 0.1) is 6.92 Å². The maximum Gasteiger partial charge on any atom is 0.259 e. The summed E-state index contributed by atoms with van der Waals surface area (Å²) in [6, 6.07) is 22.8. The van der Waals surface area contributed by atoms with Crippen molar-refractivity contribution in [1.82, 2.24) is 5.32 Å². The number of hydrogen-bond acceptors (Lipinski definition) is 3. The highest BCUT2D eigenvalue weighted by molar-refractivity contribution is 6.14. The van der Waals surface area contributed by atoms with E-state index in [4.69, 9.17) is 4.74 Å². The van der Waals surface area contributed by atoms with Gasteiger partial charge in [0, 0.05) is 24.2 Å². The largest absolute Gasteiger partial charge is 0.494 e. The molecule has 0 aliphatic carbocycles. The van der Waals surface area contributed by atoms with Crippen molar-refractivity contribution in [3.8, 4) is 5.75 Å². The van der Waals surface area contributed by atoms with Crippen molar-refractivity contribution in [3.63, 3.8) is 0 Å². The van der Waals surface area contributed by atoms with Crippen LogP contribution in [0.2, 0.25) is 0 Å². The van der Waals surface area contributed by atoms with Gasteiger partial charge in [0.1, 0.15) is 11.3 Å². The van der Waals surface area contributed by atoms with Crippen LogP contribution in [0.3, 0.4) is 0 Å². The number of carbonyl (C=O) groups is 2. The molecule has 4 rings (SSSR count). The number of amides is 2. The molecule has 1 aliphatic rings. The Morgan fingerprint density at radius 1 is 1.03 bits per heavy atom. The summed E-state index contributed by atoms with van der Waals surface area (Å²) in [7, 11) is 0. The summed E-state index contributed by atoms with van der Waals surface area (Å²) < 4.78 is 5.55. The van der Waals surface area contributed by atoms with E-state index >= 15 is 0 Å². The van der Waals surface area contributed by atoms with Gasteiger partial charge in [0.2, 0.25) is 5.91 Å². The first-order valence-electron chi connectivity index (χ1n) is 10.9. The minimum absolute atomic E-state index is 0.176. The van der Waals surface area contributed by atoms with Crippen LogP contribution in [0.1, 0.15) is 40.9 Å². The average Bonchev–Trinajstić information content (AvgIpc) is 2.79. The van der Waals surface area contributed by atoms with E-state index in [1.165, 1.54) is 0 Å². The zero-order chi connectivity index (χ0) is 22.7. The Labute approximate surface area is 189 Å². The fraction of sp³-hybridized carbons (Fsp3) is 0.259. The molecule has 3 aromatic rings. The number of anilines is 1. The van der Waals surface area contributed by atoms with Crippen molar-refractivity contribution in [2.45, 2.75) is 39.3 Å². The van der Waals surface area contributed by atoms with Crippen LogP contribution in [0.5, 0.6) is 5.75 Å². The van der Waals surface area contributed by atoms with E-state index in [0.29, 0.717) is 30.8 Å². The van der Waals surface area contributed by atoms with Crippen molar-refractivity contribution in [3.05, 3.63) is 95.1 Å². The third-order valence-corrected chi connectivity index (χ3v) is 6.07. The topological polar surface area (TPSA) is 58.6 Å². The van der Waals surface area contributed by atoms with Crippen molar-refractivity contribution in [2.75, 3.05) is 11.5 Å². The lowest BCUT2D eigenvalue weighted by Gasteiger charge is -2.44. The molecule has 1 atom stereocenters. The Balaban J connectivity index is 1.69. The molecule has 5 heteroatoms. The first-order chi connectivity index (χ1) is 15.4. The van der Waals surface area contributed by atoms with Gasteiger partial charge in [0.05, 0.1) is 6.61 Å². The second-order valence-corrected chi connectivity index (χ2v) is 8.28. The smallest absolute Gasteiger partial charge is 0.259 e. The van der Waals surface area contributed by atoms with Crippen LogP contribution in [0.25, 0.3) is 0 Å². The standard InChI is InChI=1S/C27H28N2O3/c1-4-32-23-15-13-22(14-16-23)29-25(30)24-12-8-7-10-20(24)17-27(29,3)26(31)28-18-21-11-6-5-9-19(21)2/h5-16H,4,17-18H2,1-3H3,(H,28,31). The first-order valence-corrected chi connectivity index (χ1v) is 10.9. The second-order valence-electron chi connectivity index (χ2n) is 8.28. The lowest BCUT2D eigenvalue weighted by atomic mass is 9.82. The van der Waals surface area contributed by atoms with E-state index in [1.807, 2.05) is 93.6 Å². The summed E-state index contributed by atoms with van der Waals surface area (Å²) in [5, 5.41) is 3.08. The van der Waals surface area contributed by atoms with E-state index in [0.717, 1.165) is 22.4 Å². The number of aryl methyl sites for hydroxylation is 1. The second kappa shape index (κ2) is 8.87. The number of ether oxygens (including phenoxy) is 1. The van der Waals surface area contributed by atoms with Gasteiger partial charge < -0.3 is 10.1 Å². The zero-order valence-electron chi connectivity index (χ0n) is 18.7. The molecule has 0 radical (unpaired) electrons. The van der Waals surface area contributed by atoms with E-state index in [-0.39, 0.29) is 11.8 Å². The Morgan fingerprint density at radius 3 is 2.44 bits per heavy atom. The minimum atomic E-state index is -1.07. The predicted octanol–water partition coefficient (Wildman–Crippen LogP) is 4.67. The van der Waals surface area contributed by atoms with Crippen molar-refractivity contribution in [2.24, 2.45) is 0 Å². The zero-order valence-corrected chi connectivity index (χ0v) is 18.7. The number of nitrogens with zero attached hydrogens (tertiary/aromatic N) is 1. The summed E-state index contributed by atoms with van der Waals surface area (Å²) in [5.74, 6) is 0.369. The molecular formula is C27H28N2O3. The maximum atomic E-state index is 13.6. The normalized spacial score (nSPS) is 17.6. The van der Waals surface area contributed by atoms with Crippen LogP contribution in [0.15, 0.2) is 72.8 Å². The molecule has 1 N–H and O–H groups in total. The quantitative estimate of drug-likeness (QED) is 0.621. The third-order valence-electron chi connectivity index (χ3n) is 6.07. The molecule has 3 aromatic carbocycles. The van der Waals surface area contributed by atoms with E-state index in [1.54, 1.807) is 4.90 Å². The van der Waals surface area contributed by atoms with E-state index < -0.39 is 5.54 Å². The van der Waals surface area contributed by atoms with Gasteiger partial charge in [-0.1, -0.05) is 42.5 Å². The van der Waals surface area contributed by atoms with Crippen LogP contribution in [-0.4, -0.2) is 24.0 Å². The highest BCUT2D eigenvalue weighted by Gasteiger charge is 2.47. The van der Waals surface area contributed by atoms with Gasteiger partial charge in [-0.2, -0.15) is 0 Å². The van der Waals surface area contributed by atoms with Gasteiger partial charge in [-0.25, -0.2) is 0 Å². The molecular weight excluding hydrogens is 400 g/mol. The Hall–Kier alpha value is -3.60. The summed E-state index contributed by atoms with van der Waals surface area (Å²) in [6.45, 7) is 6.76. The fourth-order valence-electron chi connectivity index (χ4n) is 4.29. The Kier molecular flexibility index (Phi) is 5.99. The van der Waals surface area contributed by atoms with Crippen LogP contribution >= 0.6 is 0 Å². The number of hydrogen-bond donors (Lipinski definition) is 1. The molecule has 0 bridgehead atoms. The molecule has 1 aliphatic heterocycles. The number of benzene rings is 3. The number of rotatable bonds is 6. The monoisotopic (exact) mass is 428 g/mol. The molecule has 5 nitrogen and oxygen atoms in total. The van der Waals surface area contributed by atoms with Gasteiger partial charge in [-0.05, 0) is 67.8 Å². The number of fused-ring (bicyclic) bond motifs is 1. The Bertz CT molecular complexity index is 1140. The van der Waals surface area contributed by atoms with Crippen molar-refractivity contribution < 1.29 is 14.3 Å². The minimum Gasteiger partial charge on any atom is -0.494 e. The molecule has 0 spiro atoms. The Morgan fingerprint density at radius 2 is 1.72 bits per heavy atom. The SMILES string of the molecule is CCOc1ccc(N2C(=O)c3ccccc3CC2(C)C(=O)NCc2ccccc2C)cc1. The van der Waals surface area contributed by atoms with E-state index in [2.05, 4.69) is 5.32 Å². The van der Waals surface area contributed by atoms with Gasteiger partial charge in [0.25, 0.3) is 5.91 Å². The van der Waals surface area contributed by atoms with Crippen molar-refractivity contribution in [1.29, 1.82) is 0 Å². The number of nitrogens with one attached hydrogen (secondary N) is 1. The van der Waals surface area contributed by atoms with Crippen LogP contribution < -0.4 is 15.0 Å². The number of carbonyl (C=O) groups excluding carboxylic acids is 2. The average molecular weight is 429 g/mol. The molecule has 1 unspecified atom stereocenters. The summed E-state index contributed by atoms with van der Waals surface area (Å²) in [5.41, 5.74) is 3.28. The van der Waals surface area contributed by atoms with Gasteiger partial charge >= 0.3 is 0 Å². The van der Waals surface area contributed by atoms with Gasteiger partial charge in [0.15, 0.2) is 0 Å². The maximum absolute atomic E-state index is 13.6. The summed E-state index contributed by atoms with van der Waals surface area (Å²) in [4.78, 5) is 28.8. The fourth-order valence-corrected chi connectivity index (χ4v) is 4.29. The molecule has 0 fully saturated rings. The molecule has 2 amide bonds. The highest BCUT2D eigenvalue weighted by Crippen LogP contribution is 2.36. The lowest BCUT2D eigenvalue weighted by molar-refractivity contribution is -0.126. The summed E-state index contributed by atoms with van der Waals surface area (Å²) >= 11 is 0. The lowest BCUT2D eigenvalue weighted by Crippen LogP contribution is -2.63. The van der Waals surface area contributed by atoms with Crippen LogP contribution in [0.4, 0.5) is 5.69 Å². The predicted molar refractivity (Wildman–Crippen MR) is 126 cm³/mol. The van der Waals surface area contributed by atoms with Gasteiger partial charge in [-0.15, -0.1) is 0 Å². The molecule has 32 heavy (non-hydrogen) atoms. The highest BCUT2D eigenvalue weighted by atomic mass is 16.5. The molecule has 164 valence electrons. The molecule has 0 saturated heterocycles. The van der Waals surface area contributed by atoms with Crippen molar-refractivity contribution >= 4 is 17.5 Å². The molecule has 0 aromatic heterocycles. The first kappa shape index (κ1) is 21.6. The van der Waals surface area contributed by atoms with Crippen LogP contribution in [-0.2, 0) is 17.8 Å². The molecule has 0 saturated carbocycles. The third kappa shape index (κ3) is 3.98.